The second-order valence-electron chi connectivity index (χ2n) is 5.39. The lowest BCUT2D eigenvalue weighted by atomic mass is 10.2. The molecule has 0 N–H and O–H groups in total. The van der Waals surface area contributed by atoms with Gasteiger partial charge in [0.15, 0.2) is 11.5 Å². The molecule has 0 aliphatic rings. The molecule has 0 aliphatic heterocycles. The number of halogens is 3. The van der Waals surface area contributed by atoms with Crippen LogP contribution in [0.1, 0.15) is 28.5 Å². The van der Waals surface area contributed by atoms with Gasteiger partial charge in [-0.15, -0.1) is 0 Å². The van der Waals surface area contributed by atoms with E-state index >= 15 is 0 Å². The zero-order valence-electron chi connectivity index (χ0n) is 13.8. The third kappa shape index (κ3) is 3.61. The van der Waals surface area contributed by atoms with Crippen LogP contribution in [0.3, 0.4) is 0 Å². The molecule has 9 heteroatoms. The van der Waals surface area contributed by atoms with Gasteiger partial charge in [-0.05, 0) is 12.5 Å². The monoisotopic (exact) mass is 364 g/mol. The van der Waals surface area contributed by atoms with Crippen LogP contribution < -0.4 is 0 Å². The Bertz CT molecular complexity index is 900. The van der Waals surface area contributed by atoms with Crippen molar-refractivity contribution in [3.05, 3.63) is 65.6 Å². The van der Waals surface area contributed by atoms with E-state index in [-0.39, 0.29) is 12.4 Å². The largest absolute Gasteiger partial charge is 0.462 e. The van der Waals surface area contributed by atoms with Gasteiger partial charge in [-0.3, -0.25) is 4.68 Å². The van der Waals surface area contributed by atoms with E-state index in [0.29, 0.717) is 11.2 Å². The second-order valence-corrected chi connectivity index (χ2v) is 5.39. The van der Waals surface area contributed by atoms with Crippen molar-refractivity contribution in [1.29, 1.82) is 0 Å². The summed E-state index contributed by atoms with van der Waals surface area (Å²) >= 11 is 0. The summed E-state index contributed by atoms with van der Waals surface area (Å²) in [7, 11) is 0. The van der Waals surface area contributed by atoms with Crippen LogP contribution >= 0.6 is 0 Å². The highest BCUT2D eigenvalue weighted by atomic mass is 19.4. The van der Waals surface area contributed by atoms with Crippen LogP contribution in [-0.2, 0) is 17.5 Å². The molecule has 3 aromatic rings. The number of carbonyl (C=O) groups is 1. The molecular formula is C17H15F3N4O2. The lowest BCUT2D eigenvalue weighted by Crippen LogP contribution is -2.19. The first-order valence-electron chi connectivity index (χ1n) is 7.80. The highest BCUT2D eigenvalue weighted by Gasteiger charge is 2.41. The number of benzene rings is 1. The third-order valence-corrected chi connectivity index (χ3v) is 3.56. The van der Waals surface area contributed by atoms with Gasteiger partial charge < -0.3 is 4.74 Å². The van der Waals surface area contributed by atoms with Crippen LogP contribution in [0.5, 0.6) is 0 Å². The van der Waals surface area contributed by atoms with Crippen molar-refractivity contribution >= 4 is 5.97 Å². The van der Waals surface area contributed by atoms with Crippen molar-refractivity contribution in [3.8, 4) is 5.82 Å². The van der Waals surface area contributed by atoms with Gasteiger partial charge in [-0.2, -0.15) is 23.4 Å². The molecule has 2 aromatic heterocycles. The summed E-state index contributed by atoms with van der Waals surface area (Å²) < 4.78 is 47.2. The molecule has 0 saturated carbocycles. The first-order valence-corrected chi connectivity index (χ1v) is 7.80. The van der Waals surface area contributed by atoms with Gasteiger partial charge in [0, 0.05) is 12.3 Å². The van der Waals surface area contributed by atoms with Crippen LogP contribution in [0.15, 0.2) is 48.8 Å². The number of hydrogen-bond donors (Lipinski definition) is 0. The number of esters is 1. The number of ether oxygens (including phenoxy) is 1. The van der Waals surface area contributed by atoms with Crippen molar-refractivity contribution < 1.29 is 22.7 Å². The molecular weight excluding hydrogens is 349 g/mol. The van der Waals surface area contributed by atoms with E-state index < -0.39 is 23.4 Å². The lowest BCUT2D eigenvalue weighted by Gasteiger charge is -2.10. The number of aromatic nitrogens is 4. The topological polar surface area (TPSA) is 61.9 Å². The zero-order chi connectivity index (χ0) is 18.7. The fourth-order valence-corrected chi connectivity index (χ4v) is 2.48. The number of nitrogens with zero attached hydrogens (tertiary/aromatic N) is 4. The van der Waals surface area contributed by atoms with Gasteiger partial charge in [0.2, 0.25) is 0 Å². The molecule has 0 amide bonds. The van der Waals surface area contributed by atoms with Crippen LogP contribution in [0.25, 0.3) is 5.82 Å². The Morgan fingerprint density at radius 2 is 1.92 bits per heavy atom. The lowest BCUT2D eigenvalue weighted by molar-refractivity contribution is -0.143. The molecule has 136 valence electrons. The molecule has 0 atom stereocenters. The smallest absolute Gasteiger partial charge is 0.434 e. The highest BCUT2D eigenvalue weighted by Crippen LogP contribution is 2.33. The normalized spacial score (nSPS) is 11.5. The number of alkyl halides is 3. The predicted octanol–water partition coefficient (Wildman–Crippen LogP) is 3.31. The van der Waals surface area contributed by atoms with E-state index in [1.807, 2.05) is 30.3 Å². The van der Waals surface area contributed by atoms with Gasteiger partial charge in [0.05, 0.1) is 19.3 Å². The van der Waals surface area contributed by atoms with Crippen molar-refractivity contribution in [1.82, 2.24) is 19.6 Å². The van der Waals surface area contributed by atoms with Gasteiger partial charge in [0.1, 0.15) is 5.56 Å². The van der Waals surface area contributed by atoms with Crippen LogP contribution in [0.2, 0.25) is 0 Å². The maximum atomic E-state index is 13.5. The highest BCUT2D eigenvalue weighted by molar-refractivity contribution is 5.90. The minimum Gasteiger partial charge on any atom is -0.462 e. The van der Waals surface area contributed by atoms with Gasteiger partial charge >= 0.3 is 12.1 Å². The van der Waals surface area contributed by atoms with Crippen LogP contribution in [-0.4, -0.2) is 32.1 Å². The Kier molecular flexibility index (Phi) is 4.79. The summed E-state index contributed by atoms with van der Waals surface area (Å²) in [5, 5.41) is 7.83. The summed E-state index contributed by atoms with van der Waals surface area (Å²) in [6.07, 6.45) is -2.40. The summed E-state index contributed by atoms with van der Waals surface area (Å²) in [5.41, 5.74) is -0.899. The van der Waals surface area contributed by atoms with Gasteiger partial charge in [0.25, 0.3) is 0 Å². The van der Waals surface area contributed by atoms with E-state index in [0.717, 1.165) is 11.8 Å². The Balaban J connectivity index is 1.96. The molecule has 6 nitrogen and oxygen atoms in total. The van der Waals surface area contributed by atoms with Crippen LogP contribution in [0.4, 0.5) is 13.2 Å². The van der Waals surface area contributed by atoms with Crippen molar-refractivity contribution in [2.75, 3.05) is 6.61 Å². The van der Waals surface area contributed by atoms with Gasteiger partial charge in [-0.25, -0.2) is 9.48 Å². The number of carbonyl (C=O) groups excluding carboxylic acids is 1. The molecule has 26 heavy (non-hydrogen) atoms. The van der Waals surface area contributed by atoms with E-state index in [1.165, 1.54) is 17.7 Å². The SMILES string of the molecule is CCOC(=O)c1cnn(-c2ccn(Cc3ccccc3)n2)c1C(F)(F)F. The van der Waals surface area contributed by atoms with Crippen LogP contribution in [0, 0.1) is 0 Å². The molecule has 0 fully saturated rings. The summed E-state index contributed by atoms with van der Waals surface area (Å²) in [6, 6.07) is 10.8. The Morgan fingerprint density at radius 1 is 1.19 bits per heavy atom. The average molecular weight is 364 g/mol. The maximum Gasteiger partial charge on any atom is 0.434 e. The first-order chi connectivity index (χ1) is 12.4. The fourth-order valence-electron chi connectivity index (χ4n) is 2.48. The summed E-state index contributed by atoms with van der Waals surface area (Å²) in [6.45, 7) is 1.88. The molecule has 2 heterocycles. The van der Waals surface area contributed by atoms with E-state index in [2.05, 4.69) is 14.9 Å². The predicted molar refractivity (Wildman–Crippen MR) is 85.9 cm³/mol. The van der Waals surface area contributed by atoms with Crippen molar-refractivity contribution in [3.63, 3.8) is 0 Å². The molecule has 0 aliphatic carbocycles. The summed E-state index contributed by atoms with van der Waals surface area (Å²) in [4.78, 5) is 11.8. The number of hydrogen-bond acceptors (Lipinski definition) is 4. The Hall–Kier alpha value is -3.10. The fraction of sp³-hybridized carbons (Fsp3) is 0.235. The molecule has 1 aromatic carbocycles. The molecule has 0 bridgehead atoms. The van der Waals surface area contributed by atoms with Gasteiger partial charge in [-0.1, -0.05) is 30.3 Å². The number of rotatable bonds is 5. The molecule has 0 unspecified atom stereocenters. The van der Waals surface area contributed by atoms with E-state index in [1.54, 1.807) is 6.20 Å². The van der Waals surface area contributed by atoms with E-state index in [9.17, 15) is 18.0 Å². The quantitative estimate of drug-likeness (QED) is 0.652. The average Bonchev–Trinajstić information content (AvgIpc) is 3.22. The minimum absolute atomic E-state index is 0.0347. The van der Waals surface area contributed by atoms with Crippen molar-refractivity contribution in [2.24, 2.45) is 0 Å². The Labute approximate surface area is 146 Å². The maximum absolute atomic E-state index is 13.5. The molecule has 0 spiro atoms. The molecule has 0 saturated heterocycles. The van der Waals surface area contributed by atoms with Crippen molar-refractivity contribution in [2.45, 2.75) is 19.6 Å². The molecule has 3 rings (SSSR count). The summed E-state index contributed by atoms with van der Waals surface area (Å²) in [5.74, 6) is -1.11. The zero-order valence-corrected chi connectivity index (χ0v) is 13.8. The minimum atomic E-state index is -4.79. The first kappa shape index (κ1) is 17.7. The standard InChI is InChI=1S/C17H15F3N4O2/c1-2-26-16(25)13-10-21-24(15(13)17(18,19)20)14-8-9-23(22-14)11-12-6-4-3-5-7-12/h3-10H,2,11H2,1H3. The van der Waals surface area contributed by atoms with E-state index in [4.69, 9.17) is 0 Å². The molecule has 0 radical (unpaired) electrons. The third-order valence-electron chi connectivity index (χ3n) is 3.56. The Morgan fingerprint density at radius 3 is 2.58 bits per heavy atom. The second kappa shape index (κ2) is 7.03.